The van der Waals surface area contributed by atoms with Gasteiger partial charge in [0.1, 0.15) is 0 Å². The summed E-state index contributed by atoms with van der Waals surface area (Å²) in [7, 11) is -2.18. The van der Waals surface area contributed by atoms with Gasteiger partial charge in [-0.2, -0.15) is 4.31 Å². The summed E-state index contributed by atoms with van der Waals surface area (Å²) in [6.07, 6.45) is 1.69. The summed E-state index contributed by atoms with van der Waals surface area (Å²) >= 11 is 1.21. The molecule has 0 atom stereocenters. The van der Waals surface area contributed by atoms with E-state index in [-0.39, 0.29) is 10.6 Å². The van der Waals surface area contributed by atoms with Crippen molar-refractivity contribution in [2.75, 3.05) is 25.5 Å². The maximum Gasteiger partial charge on any atom is 0.257 e. The van der Waals surface area contributed by atoms with Crippen molar-refractivity contribution in [1.82, 2.24) is 9.29 Å². The highest BCUT2D eigenvalue weighted by atomic mass is 32.2. The average Bonchev–Trinajstić information content (AvgIpc) is 3.28. The number of carbonyl (C=O) groups is 1. The topological polar surface area (TPSA) is 88.6 Å². The molecule has 0 radical (unpaired) electrons. The Balaban J connectivity index is 1.44. The van der Waals surface area contributed by atoms with Gasteiger partial charge in [-0.25, -0.2) is 17.8 Å². The third-order valence-corrected chi connectivity index (χ3v) is 8.34. The zero-order chi connectivity index (χ0) is 23.6. The molecule has 33 heavy (non-hydrogen) atoms. The van der Waals surface area contributed by atoms with Crippen LogP contribution in [0.4, 0.5) is 9.52 Å². The maximum absolute atomic E-state index is 14.0. The summed E-state index contributed by atoms with van der Waals surface area (Å²) in [5.41, 5.74) is 1.40. The van der Waals surface area contributed by atoms with Crippen molar-refractivity contribution in [2.24, 2.45) is 5.92 Å². The van der Waals surface area contributed by atoms with E-state index in [0.29, 0.717) is 41.0 Å². The van der Waals surface area contributed by atoms with Crippen molar-refractivity contribution >= 4 is 32.4 Å². The van der Waals surface area contributed by atoms with E-state index < -0.39 is 21.7 Å². The Kier molecular flexibility index (Phi) is 6.78. The number of piperidine rings is 1. The molecule has 0 saturated carbocycles. The van der Waals surface area contributed by atoms with Crippen molar-refractivity contribution in [2.45, 2.75) is 24.7 Å². The number of nitrogens with zero attached hydrogens (tertiary/aromatic N) is 2. The number of carbonyl (C=O) groups excluding carboxylic acids is 1. The largest absolute Gasteiger partial charge is 0.494 e. The summed E-state index contributed by atoms with van der Waals surface area (Å²) in [6.45, 7) is 3.14. The van der Waals surface area contributed by atoms with Crippen LogP contribution in [0.1, 0.15) is 30.1 Å². The van der Waals surface area contributed by atoms with Crippen LogP contribution in [-0.4, -0.2) is 43.8 Å². The van der Waals surface area contributed by atoms with Crippen LogP contribution in [0, 0.1) is 11.7 Å². The van der Waals surface area contributed by atoms with Gasteiger partial charge in [-0.15, -0.1) is 11.3 Å². The van der Waals surface area contributed by atoms with Gasteiger partial charge in [0.05, 0.1) is 17.7 Å². The number of hydrogen-bond acceptors (Lipinski definition) is 6. The van der Waals surface area contributed by atoms with Crippen LogP contribution in [0.3, 0.4) is 0 Å². The van der Waals surface area contributed by atoms with Crippen LogP contribution in [0.5, 0.6) is 5.75 Å². The molecular weight excluding hydrogens is 465 g/mol. The lowest BCUT2D eigenvalue weighted by atomic mass is 10.0. The van der Waals surface area contributed by atoms with Gasteiger partial charge < -0.3 is 4.74 Å². The lowest BCUT2D eigenvalue weighted by Crippen LogP contribution is -2.37. The molecule has 1 amide bonds. The fourth-order valence-electron chi connectivity index (χ4n) is 3.61. The zero-order valence-electron chi connectivity index (χ0n) is 18.2. The summed E-state index contributed by atoms with van der Waals surface area (Å²) in [4.78, 5) is 17.1. The van der Waals surface area contributed by atoms with Crippen LogP contribution >= 0.6 is 11.3 Å². The fraction of sp³-hybridized carbons (Fsp3) is 0.304. The predicted molar refractivity (Wildman–Crippen MR) is 126 cm³/mol. The second-order valence-corrected chi connectivity index (χ2v) is 10.7. The Bertz CT molecular complexity index is 1250. The molecule has 0 unspecified atom stereocenters. The minimum atomic E-state index is -3.57. The highest BCUT2D eigenvalue weighted by molar-refractivity contribution is 7.89. The number of aromatic nitrogens is 1. The van der Waals surface area contributed by atoms with Gasteiger partial charge in [-0.1, -0.05) is 6.92 Å². The molecule has 3 aromatic rings. The highest BCUT2D eigenvalue weighted by Crippen LogP contribution is 2.29. The molecule has 4 rings (SSSR count). The van der Waals surface area contributed by atoms with Crippen LogP contribution in [0.25, 0.3) is 11.3 Å². The molecule has 1 aliphatic rings. The predicted octanol–water partition coefficient (Wildman–Crippen LogP) is 4.63. The molecule has 0 bridgehead atoms. The van der Waals surface area contributed by atoms with E-state index >= 15 is 0 Å². The first-order valence-electron chi connectivity index (χ1n) is 10.5. The quantitative estimate of drug-likeness (QED) is 0.545. The summed E-state index contributed by atoms with van der Waals surface area (Å²) in [6, 6.07) is 10.4. The number of anilines is 1. The SMILES string of the molecule is COc1ccc(-c2csc(NC(=O)c3ccc(S(=O)(=O)N4CCC(C)CC4)cc3)n2)cc1F. The average molecular weight is 490 g/mol. The third kappa shape index (κ3) is 5.07. The number of benzene rings is 2. The first kappa shape index (κ1) is 23.3. The minimum Gasteiger partial charge on any atom is -0.494 e. The monoisotopic (exact) mass is 489 g/mol. The Morgan fingerprint density at radius 1 is 1.18 bits per heavy atom. The maximum atomic E-state index is 14.0. The molecule has 1 aliphatic heterocycles. The second kappa shape index (κ2) is 9.58. The second-order valence-electron chi connectivity index (χ2n) is 7.95. The van der Waals surface area contributed by atoms with E-state index in [9.17, 15) is 17.6 Å². The van der Waals surface area contributed by atoms with Gasteiger partial charge in [-0.3, -0.25) is 10.1 Å². The van der Waals surface area contributed by atoms with Crippen molar-refractivity contribution in [3.63, 3.8) is 0 Å². The first-order valence-corrected chi connectivity index (χ1v) is 12.8. The number of ether oxygens (including phenoxy) is 1. The Morgan fingerprint density at radius 2 is 1.88 bits per heavy atom. The van der Waals surface area contributed by atoms with Crippen molar-refractivity contribution in [3.05, 3.63) is 59.2 Å². The van der Waals surface area contributed by atoms with Crippen molar-refractivity contribution in [1.29, 1.82) is 0 Å². The smallest absolute Gasteiger partial charge is 0.257 e. The molecule has 10 heteroatoms. The number of amides is 1. The van der Waals surface area contributed by atoms with E-state index in [0.717, 1.165) is 12.8 Å². The van der Waals surface area contributed by atoms with Crippen LogP contribution in [0.2, 0.25) is 0 Å². The fourth-order valence-corrected chi connectivity index (χ4v) is 5.80. The van der Waals surface area contributed by atoms with Gasteiger partial charge in [0, 0.05) is 29.6 Å². The number of methoxy groups -OCH3 is 1. The van der Waals surface area contributed by atoms with Crippen LogP contribution in [0.15, 0.2) is 52.7 Å². The Hall–Kier alpha value is -2.82. The molecule has 2 aromatic carbocycles. The summed E-state index contributed by atoms with van der Waals surface area (Å²) in [5.74, 6) is -0.240. The van der Waals surface area contributed by atoms with E-state index in [1.165, 1.54) is 59.2 Å². The lowest BCUT2D eigenvalue weighted by Gasteiger charge is -2.29. The van der Waals surface area contributed by atoms with Gasteiger partial charge >= 0.3 is 0 Å². The number of rotatable bonds is 6. The number of nitrogens with one attached hydrogen (secondary N) is 1. The van der Waals surface area contributed by atoms with Gasteiger partial charge in [-0.05, 0) is 61.2 Å². The normalized spacial score (nSPS) is 15.4. The van der Waals surface area contributed by atoms with E-state index in [4.69, 9.17) is 4.74 Å². The number of halogens is 1. The van der Waals surface area contributed by atoms with E-state index in [1.807, 2.05) is 0 Å². The third-order valence-electron chi connectivity index (χ3n) is 5.67. The van der Waals surface area contributed by atoms with Gasteiger partial charge in [0.25, 0.3) is 5.91 Å². The molecule has 7 nitrogen and oxygen atoms in total. The Labute approximate surface area is 196 Å². The van der Waals surface area contributed by atoms with Crippen LogP contribution < -0.4 is 10.1 Å². The summed E-state index contributed by atoms with van der Waals surface area (Å²) < 4.78 is 46.1. The van der Waals surface area contributed by atoms with E-state index in [1.54, 1.807) is 11.4 Å². The number of thiazole rings is 1. The molecule has 0 aliphatic carbocycles. The molecule has 1 N–H and O–H groups in total. The van der Waals surface area contributed by atoms with Crippen molar-refractivity contribution < 1.29 is 22.3 Å². The minimum absolute atomic E-state index is 0.141. The molecule has 1 saturated heterocycles. The van der Waals surface area contributed by atoms with Crippen molar-refractivity contribution in [3.8, 4) is 17.0 Å². The zero-order valence-corrected chi connectivity index (χ0v) is 19.9. The Morgan fingerprint density at radius 3 is 2.52 bits per heavy atom. The number of hydrogen-bond donors (Lipinski definition) is 1. The molecule has 1 aromatic heterocycles. The molecule has 1 fully saturated rings. The molecular formula is C23H24FN3O4S2. The molecule has 0 spiro atoms. The number of sulfonamides is 1. The first-order chi connectivity index (χ1) is 15.8. The summed E-state index contributed by atoms with van der Waals surface area (Å²) in [5, 5.41) is 4.77. The van der Waals surface area contributed by atoms with Gasteiger partial charge in [0.15, 0.2) is 16.7 Å². The van der Waals surface area contributed by atoms with Crippen LogP contribution in [-0.2, 0) is 10.0 Å². The molecule has 174 valence electrons. The lowest BCUT2D eigenvalue weighted by molar-refractivity contribution is 0.102. The van der Waals surface area contributed by atoms with E-state index in [2.05, 4.69) is 17.2 Å². The standard InChI is InChI=1S/C23H24FN3O4S2/c1-15-9-11-27(12-10-15)33(29,30)18-6-3-16(4-7-18)22(28)26-23-25-20(14-32-23)17-5-8-21(31-2)19(24)13-17/h3-8,13-15H,9-12H2,1-2H3,(H,25,26,28). The molecule has 2 heterocycles. The highest BCUT2D eigenvalue weighted by Gasteiger charge is 2.28. The van der Waals surface area contributed by atoms with Gasteiger partial charge in [0.2, 0.25) is 10.0 Å².